The number of pyridine rings is 1. The first-order chi connectivity index (χ1) is 17.3. The van der Waals surface area contributed by atoms with Crippen molar-refractivity contribution < 1.29 is 19.0 Å². The molecule has 5 rings (SSSR count). The Kier molecular flexibility index (Phi) is 6.09. The highest BCUT2D eigenvalue weighted by molar-refractivity contribution is 7.80. The van der Waals surface area contributed by atoms with Gasteiger partial charge in [0.15, 0.2) is 11.6 Å². The maximum Gasteiger partial charge on any atom is 0.341 e. The molecule has 0 radical (unpaired) electrons. The van der Waals surface area contributed by atoms with Gasteiger partial charge in [-0.25, -0.2) is 9.18 Å². The fourth-order valence-electron chi connectivity index (χ4n) is 4.98. The van der Waals surface area contributed by atoms with E-state index >= 15 is 4.39 Å². The van der Waals surface area contributed by atoms with Crippen LogP contribution in [0.4, 0.5) is 10.1 Å². The van der Waals surface area contributed by atoms with Gasteiger partial charge in [-0.3, -0.25) is 4.79 Å². The molecule has 184 valence electrons. The van der Waals surface area contributed by atoms with Crippen molar-refractivity contribution in [1.82, 2.24) is 4.57 Å². The average molecular weight is 506 g/mol. The number of methoxy groups -OCH3 is 1. The number of benzene rings is 3. The number of hydrogen-bond donors (Lipinski definition) is 2. The lowest BCUT2D eigenvalue weighted by Crippen LogP contribution is -2.27. The molecule has 0 saturated carbocycles. The predicted molar refractivity (Wildman–Crippen MR) is 142 cm³/mol. The van der Waals surface area contributed by atoms with Crippen LogP contribution in [0.25, 0.3) is 21.7 Å². The zero-order chi connectivity index (χ0) is 25.6. The van der Waals surface area contributed by atoms with Gasteiger partial charge in [0.2, 0.25) is 5.43 Å². The molecule has 3 aromatic carbocycles. The van der Waals surface area contributed by atoms with Crippen molar-refractivity contribution >= 4 is 50.5 Å². The van der Waals surface area contributed by atoms with Crippen molar-refractivity contribution in [2.45, 2.75) is 13.0 Å². The second-order valence-electron chi connectivity index (χ2n) is 8.96. The average Bonchev–Trinajstić information content (AvgIpc) is 3.35. The third-order valence-corrected chi connectivity index (χ3v) is 7.09. The molecular weight excluding hydrogens is 481 g/mol. The molecule has 0 spiro atoms. The van der Waals surface area contributed by atoms with Crippen LogP contribution >= 0.6 is 12.2 Å². The number of aromatic nitrogens is 1. The van der Waals surface area contributed by atoms with E-state index in [1.165, 1.54) is 13.3 Å². The lowest BCUT2D eigenvalue weighted by atomic mass is 10.1. The lowest BCUT2D eigenvalue weighted by molar-refractivity contribution is 0.0695. The van der Waals surface area contributed by atoms with Gasteiger partial charge in [0.25, 0.3) is 0 Å². The Hall–Kier alpha value is -3.98. The molecule has 1 aliphatic heterocycles. The molecule has 0 aliphatic carbocycles. The molecule has 4 aromatic rings. The number of nitrogens with two attached hydrogens (primary N) is 1. The minimum absolute atomic E-state index is 0.0566. The zero-order valence-corrected chi connectivity index (χ0v) is 20.3. The minimum Gasteiger partial charge on any atom is -0.492 e. The van der Waals surface area contributed by atoms with Crippen LogP contribution < -0.4 is 20.8 Å². The summed E-state index contributed by atoms with van der Waals surface area (Å²) in [7, 11) is 1.41. The molecule has 1 fully saturated rings. The van der Waals surface area contributed by atoms with Gasteiger partial charge < -0.3 is 25.0 Å². The highest BCUT2D eigenvalue weighted by Gasteiger charge is 2.31. The maximum atomic E-state index is 15.5. The van der Waals surface area contributed by atoms with Crippen LogP contribution in [0.1, 0.15) is 22.3 Å². The standard InChI is InChI=1S/C27H24FN3O4S/c1-35-25-22-19(11-21(28)23(25)30-9-8-18(13-30)26(29)36)24(32)20(27(33)34)14-31(22)12-15-6-7-16-4-2-3-5-17(16)10-15/h2-7,10-11,14,18H,8-9,12-13H2,1H3,(H2,29,36)(H,33,34)/t18-/m1/s1. The summed E-state index contributed by atoms with van der Waals surface area (Å²) in [5.41, 5.74) is 6.05. The summed E-state index contributed by atoms with van der Waals surface area (Å²) in [5, 5.41) is 11.7. The molecular formula is C27H24FN3O4S. The van der Waals surface area contributed by atoms with Gasteiger partial charge in [-0.15, -0.1) is 0 Å². The lowest BCUT2D eigenvalue weighted by Gasteiger charge is -2.25. The summed E-state index contributed by atoms with van der Waals surface area (Å²) in [5.74, 6) is -1.94. The summed E-state index contributed by atoms with van der Waals surface area (Å²) in [6.45, 7) is 1.19. The summed E-state index contributed by atoms with van der Waals surface area (Å²) < 4.78 is 22.9. The third kappa shape index (κ3) is 4.05. The van der Waals surface area contributed by atoms with Crippen LogP contribution in [0.5, 0.6) is 5.75 Å². The number of nitrogens with zero attached hydrogens (tertiary/aromatic N) is 2. The topological polar surface area (TPSA) is 97.8 Å². The van der Waals surface area contributed by atoms with E-state index in [9.17, 15) is 14.7 Å². The van der Waals surface area contributed by atoms with Crippen LogP contribution in [0, 0.1) is 11.7 Å². The van der Waals surface area contributed by atoms with Gasteiger partial charge in [0.05, 0.1) is 23.0 Å². The Morgan fingerprint density at radius 3 is 2.64 bits per heavy atom. The first kappa shape index (κ1) is 23.7. The Morgan fingerprint density at radius 1 is 1.22 bits per heavy atom. The second kappa shape index (κ2) is 9.23. The van der Waals surface area contributed by atoms with E-state index in [2.05, 4.69) is 0 Å². The fraction of sp³-hybridized carbons (Fsp3) is 0.222. The Morgan fingerprint density at radius 2 is 1.97 bits per heavy atom. The van der Waals surface area contributed by atoms with Crippen molar-refractivity contribution in [3.8, 4) is 5.75 Å². The summed E-state index contributed by atoms with van der Waals surface area (Å²) in [6.07, 6.45) is 1.98. The van der Waals surface area contributed by atoms with Gasteiger partial charge in [-0.1, -0.05) is 48.6 Å². The molecule has 1 atom stereocenters. The van der Waals surface area contributed by atoms with Gasteiger partial charge in [-0.2, -0.15) is 0 Å². The van der Waals surface area contributed by atoms with Crippen LogP contribution in [0.2, 0.25) is 0 Å². The number of ether oxygens (including phenoxy) is 1. The number of halogens is 1. The number of thiocarbonyl (C=S) groups is 1. The van der Waals surface area contributed by atoms with E-state index in [1.807, 2.05) is 47.4 Å². The normalized spacial score (nSPS) is 15.5. The number of fused-ring (bicyclic) bond motifs is 2. The van der Waals surface area contributed by atoms with E-state index in [-0.39, 0.29) is 29.3 Å². The van der Waals surface area contributed by atoms with Crippen molar-refractivity contribution in [2.75, 3.05) is 25.1 Å². The summed E-state index contributed by atoms with van der Waals surface area (Å²) in [6, 6.07) is 14.9. The second-order valence-corrected chi connectivity index (χ2v) is 9.43. The molecule has 9 heteroatoms. The van der Waals surface area contributed by atoms with Crippen LogP contribution in [0.15, 0.2) is 59.5 Å². The highest BCUT2D eigenvalue weighted by atomic mass is 32.1. The van der Waals surface area contributed by atoms with E-state index in [0.717, 1.165) is 22.4 Å². The van der Waals surface area contributed by atoms with Crippen molar-refractivity contribution in [3.05, 3.63) is 81.9 Å². The Bertz CT molecular complexity index is 1600. The zero-order valence-electron chi connectivity index (χ0n) is 19.5. The van der Waals surface area contributed by atoms with Crippen molar-refractivity contribution in [1.29, 1.82) is 0 Å². The number of aromatic carboxylic acids is 1. The smallest absolute Gasteiger partial charge is 0.341 e. The molecule has 3 N–H and O–H groups in total. The van der Waals surface area contributed by atoms with E-state index in [1.54, 1.807) is 4.57 Å². The summed E-state index contributed by atoms with van der Waals surface area (Å²) >= 11 is 5.14. The first-order valence-corrected chi connectivity index (χ1v) is 11.9. The van der Waals surface area contributed by atoms with E-state index < -0.39 is 22.8 Å². The van der Waals surface area contributed by atoms with Crippen molar-refractivity contribution in [2.24, 2.45) is 11.7 Å². The first-order valence-electron chi connectivity index (χ1n) is 11.5. The van der Waals surface area contributed by atoms with Crippen LogP contribution in [-0.4, -0.2) is 40.8 Å². The number of carboxylic acids is 1. The number of rotatable bonds is 6. The Labute approximate surface area is 211 Å². The molecule has 2 heterocycles. The summed E-state index contributed by atoms with van der Waals surface area (Å²) in [4.78, 5) is 27.2. The van der Waals surface area contributed by atoms with Gasteiger partial charge in [0.1, 0.15) is 11.3 Å². The van der Waals surface area contributed by atoms with Gasteiger partial charge in [-0.05, 0) is 34.9 Å². The van der Waals surface area contributed by atoms with Gasteiger partial charge >= 0.3 is 5.97 Å². The Balaban J connectivity index is 1.73. The minimum atomic E-state index is -1.38. The number of carboxylic acid groups (broad SMARTS) is 1. The van der Waals surface area contributed by atoms with Crippen LogP contribution in [0.3, 0.4) is 0 Å². The molecule has 36 heavy (non-hydrogen) atoms. The number of anilines is 1. The number of carbonyl (C=O) groups is 1. The van der Waals surface area contributed by atoms with Gasteiger partial charge in [0, 0.05) is 31.7 Å². The third-order valence-electron chi connectivity index (χ3n) is 6.75. The molecule has 1 aliphatic rings. The molecule has 0 unspecified atom stereocenters. The maximum absolute atomic E-state index is 15.5. The highest BCUT2D eigenvalue weighted by Crippen LogP contribution is 2.40. The molecule has 1 aromatic heterocycles. The van der Waals surface area contributed by atoms with E-state index in [4.69, 9.17) is 22.7 Å². The van der Waals surface area contributed by atoms with E-state index in [0.29, 0.717) is 30.0 Å². The number of hydrogen-bond acceptors (Lipinski definition) is 5. The SMILES string of the molecule is COc1c(N2CC[C@@H](C(N)=S)C2)c(F)cc2c(=O)c(C(=O)O)cn(Cc3ccc4ccccc4c3)c12. The molecule has 1 saturated heterocycles. The molecule has 0 amide bonds. The molecule has 0 bridgehead atoms. The van der Waals surface area contributed by atoms with Crippen molar-refractivity contribution in [3.63, 3.8) is 0 Å². The largest absolute Gasteiger partial charge is 0.492 e. The quantitative estimate of drug-likeness (QED) is 0.380. The predicted octanol–water partition coefficient (Wildman–Crippen LogP) is 4.16. The van der Waals surface area contributed by atoms with Crippen LogP contribution in [-0.2, 0) is 6.54 Å². The molecule has 7 nitrogen and oxygen atoms in total. The fourth-order valence-corrected chi connectivity index (χ4v) is 5.18. The monoisotopic (exact) mass is 505 g/mol.